The van der Waals surface area contributed by atoms with Gasteiger partial charge in [0, 0.05) is 49.0 Å². The van der Waals surface area contributed by atoms with Gasteiger partial charge < -0.3 is 14.3 Å². The van der Waals surface area contributed by atoms with Crippen molar-refractivity contribution in [2.75, 3.05) is 23.0 Å². The van der Waals surface area contributed by atoms with E-state index in [0.717, 1.165) is 16.7 Å². The van der Waals surface area contributed by atoms with E-state index in [1.807, 2.05) is 81.2 Å². The van der Waals surface area contributed by atoms with Crippen LogP contribution >= 0.6 is 11.6 Å². The highest BCUT2D eigenvalue weighted by Gasteiger charge is 2.43. The number of halogens is 1. The monoisotopic (exact) mass is 986 g/mol. The molecule has 3 aliphatic heterocycles. The minimum Gasteiger partial charge on any atom is -0.744 e. The van der Waals surface area contributed by atoms with Gasteiger partial charge in [-0.15, -0.1) is 5.06 Å². The molecule has 0 aliphatic carbocycles. The molecule has 0 atom stereocenters. The average molecular weight is 988 g/mol. The Kier molecular flexibility index (Phi) is 15.0. The average Bonchev–Trinajstić information content (AvgIpc) is 3.75. The predicted octanol–water partition coefficient (Wildman–Crippen LogP) is 6.09. The Morgan fingerprint density at radius 3 is 2.24 bits per heavy atom. The molecule has 0 saturated carbocycles. The number of aliphatic imine (C=N–C) groups is 1. The highest BCUT2D eigenvalue weighted by molar-refractivity contribution is 7.86. The molecular formula is C45H51ClN4O13S3. The van der Waals surface area contributed by atoms with Crippen LogP contribution < -0.4 is 9.47 Å². The largest absolute Gasteiger partial charge is 0.744 e. The zero-order valence-corrected chi connectivity index (χ0v) is 40.0. The molecule has 3 aliphatic rings. The fourth-order valence-electron chi connectivity index (χ4n) is 8.27. The van der Waals surface area contributed by atoms with Crippen molar-refractivity contribution in [3.8, 4) is 0 Å². The quantitative estimate of drug-likeness (QED) is 0.0454. The number of carbonyl (C=O) groups excluding carboxylic acids is 3. The molecule has 4 heterocycles. The minimum atomic E-state index is -4.82. The van der Waals surface area contributed by atoms with Crippen molar-refractivity contribution in [2.24, 2.45) is 4.99 Å². The zero-order chi connectivity index (χ0) is 48.4. The number of allylic oxidation sites excluding steroid dienone is 6. The highest BCUT2D eigenvalue weighted by atomic mass is 35.5. The molecule has 66 heavy (non-hydrogen) atoms. The lowest BCUT2D eigenvalue weighted by molar-refractivity contribution is -0.684. The summed E-state index contributed by atoms with van der Waals surface area (Å²) in [5, 5.41) is 0.937. The van der Waals surface area contributed by atoms with Crippen LogP contribution in [0.25, 0.3) is 5.57 Å². The number of anilines is 1. The SMILES string of the molecule is CC1(C)C(=CC=C(C=CC2=Nc3c(cc(Cl)c[n+]3CCCS(=O)(=O)O)C2(C)C)c2cccc(CCCCC(=O)ON3C(=O)CCC3=O)c2)N(CCCS(=O)(=O)O)c2ccc(S(=O)(=O)[O-])cc21. The van der Waals surface area contributed by atoms with E-state index in [1.54, 1.807) is 16.8 Å². The van der Waals surface area contributed by atoms with Gasteiger partial charge in [0.15, 0.2) is 5.71 Å². The van der Waals surface area contributed by atoms with E-state index in [-0.39, 0.29) is 45.2 Å². The summed E-state index contributed by atoms with van der Waals surface area (Å²) in [6.45, 7) is 7.99. The molecule has 0 bridgehead atoms. The van der Waals surface area contributed by atoms with E-state index >= 15 is 0 Å². The molecule has 21 heteroatoms. The first-order valence-corrected chi connectivity index (χ1v) is 26.1. The molecule has 354 valence electrons. The van der Waals surface area contributed by atoms with Crippen molar-refractivity contribution in [3.63, 3.8) is 0 Å². The van der Waals surface area contributed by atoms with Crippen LogP contribution in [-0.4, -0.2) is 85.5 Å². The third kappa shape index (κ3) is 12.1. The number of carbonyl (C=O) groups is 3. The normalized spacial score (nSPS) is 17.8. The maximum Gasteiger partial charge on any atom is 0.333 e. The van der Waals surface area contributed by atoms with Gasteiger partial charge in [0.25, 0.3) is 32.1 Å². The Morgan fingerprint density at radius 1 is 0.894 bits per heavy atom. The molecule has 0 unspecified atom stereocenters. The number of amides is 2. The Bertz CT molecular complexity index is 2910. The molecule has 3 aromatic rings. The summed E-state index contributed by atoms with van der Waals surface area (Å²) < 4.78 is 103. The summed E-state index contributed by atoms with van der Waals surface area (Å²) >= 11 is 6.54. The van der Waals surface area contributed by atoms with Crippen molar-refractivity contribution < 1.29 is 62.7 Å². The van der Waals surface area contributed by atoms with E-state index in [0.29, 0.717) is 63.4 Å². The molecular weight excluding hydrogens is 936 g/mol. The van der Waals surface area contributed by atoms with Crippen LogP contribution in [0.1, 0.15) is 94.9 Å². The molecule has 2 N–H and O–H groups in total. The summed E-state index contributed by atoms with van der Waals surface area (Å²) in [4.78, 5) is 47.6. The van der Waals surface area contributed by atoms with Crippen molar-refractivity contribution in [2.45, 2.75) is 101 Å². The lowest BCUT2D eigenvalue weighted by atomic mass is 9.81. The molecule has 0 radical (unpaired) electrons. The van der Waals surface area contributed by atoms with Crippen molar-refractivity contribution in [1.82, 2.24) is 5.06 Å². The van der Waals surface area contributed by atoms with Gasteiger partial charge in [-0.1, -0.05) is 61.9 Å². The Morgan fingerprint density at radius 2 is 1.58 bits per heavy atom. The highest BCUT2D eigenvalue weighted by Crippen LogP contribution is 2.49. The van der Waals surface area contributed by atoms with Crippen LogP contribution in [0.5, 0.6) is 0 Å². The summed E-state index contributed by atoms with van der Waals surface area (Å²) in [5.41, 5.74) is 3.98. The Balaban J connectivity index is 1.37. The fourth-order valence-corrected chi connectivity index (χ4v) is 9.98. The first-order valence-electron chi connectivity index (χ1n) is 21.1. The zero-order valence-electron chi connectivity index (χ0n) is 36.8. The van der Waals surface area contributed by atoms with Gasteiger partial charge in [0.1, 0.15) is 16.3 Å². The summed E-state index contributed by atoms with van der Waals surface area (Å²) in [6.07, 6.45) is 10.8. The summed E-state index contributed by atoms with van der Waals surface area (Å²) in [6, 6.07) is 13.5. The number of benzene rings is 2. The van der Waals surface area contributed by atoms with E-state index in [2.05, 4.69) is 0 Å². The first kappa shape index (κ1) is 50.3. The third-order valence-electron chi connectivity index (χ3n) is 11.7. The van der Waals surface area contributed by atoms with Crippen molar-refractivity contribution >= 4 is 82.5 Å². The van der Waals surface area contributed by atoms with Gasteiger partial charge in [-0.2, -0.15) is 16.8 Å². The standard InChI is InChI=1S/C45H51ClN4O13S3/c1-44(2)36-27-33(46)29-48(22-8-24-64(54,55)56)43(36)47-38(44)18-14-31(32-12-7-11-30(26-32)10-5-6-13-42(53)63-50-40(51)20-21-41(50)52)15-19-39-45(3,4)35-28-34(66(60,61)62)16-17-37(35)49(39)23-9-25-65(57,58)59/h7,11-12,14-19,26-29H,5-6,8-10,13,20-25H2,1-4H3,(H2-,54,55,56,57,58,59,60,61,62). The molecule has 6 rings (SSSR count). The molecule has 17 nitrogen and oxygen atoms in total. The van der Waals surface area contributed by atoms with Crippen molar-refractivity contribution in [3.05, 3.63) is 112 Å². The number of unbranched alkanes of at least 4 members (excludes halogenated alkanes) is 1. The van der Waals surface area contributed by atoms with Crippen LogP contribution in [0, 0.1) is 0 Å². The third-order valence-corrected chi connectivity index (χ3v) is 14.4. The van der Waals surface area contributed by atoms with Gasteiger partial charge in [0.2, 0.25) is 0 Å². The summed E-state index contributed by atoms with van der Waals surface area (Å²) in [5.74, 6) is -2.19. The second-order valence-electron chi connectivity index (χ2n) is 17.4. The lowest BCUT2D eigenvalue weighted by Crippen LogP contribution is -2.36. The summed E-state index contributed by atoms with van der Waals surface area (Å²) in [7, 11) is -13.3. The molecule has 0 spiro atoms. The van der Waals surface area contributed by atoms with Gasteiger partial charge in [-0.25, -0.2) is 17.8 Å². The smallest absolute Gasteiger partial charge is 0.333 e. The second kappa shape index (κ2) is 19.6. The maximum atomic E-state index is 12.4. The molecule has 2 amide bonds. The van der Waals surface area contributed by atoms with E-state index in [9.17, 15) is 53.3 Å². The fraction of sp³-hybridized carbons (Fsp3) is 0.400. The second-order valence-corrected chi connectivity index (χ2v) is 22.3. The van der Waals surface area contributed by atoms with Gasteiger partial charge in [0.05, 0.1) is 38.9 Å². The predicted molar refractivity (Wildman–Crippen MR) is 245 cm³/mol. The van der Waals surface area contributed by atoms with Gasteiger partial charge >= 0.3 is 11.8 Å². The number of rotatable bonds is 19. The molecule has 1 aromatic heterocycles. The number of hydroxylamine groups is 2. The van der Waals surface area contributed by atoms with Crippen LogP contribution in [0.2, 0.25) is 5.02 Å². The van der Waals surface area contributed by atoms with E-state index in [1.165, 1.54) is 18.2 Å². The first-order chi connectivity index (χ1) is 30.7. The number of imide groups is 1. The number of aryl methyl sites for hydroxylation is 2. The molecule has 1 saturated heterocycles. The minimum absolute atomic E-state index is 0.00189. The van der Waals surface area contributed by atoms with Gasteiger partial charge in [-0.3, -0.25) is 18.7 Å². The number of aromatic nitrogens is 1. The number of pyridine rings is 1. The molecule has 2 aromatic carbocycles. The molecule has 1 fully saturated rings. The number of nitrogens with zero attached hydrogens (tertiary/aromatic N) is 4. The maximum absolute atomic E-state index is 12.4. The van der Waals surface area contributed by atoms with Crippen LogP contribution in [-0.2, 0) is 73.4 Å². The number of fused-ring (bicyclic) bond motifs is 2. The van der Waals surface area contributed by atoms with E-state index in [4.69, 9.17) is 21.4 Å². The topological polar surface area (TPSA) is 249 Å². The Labute approximate surface area is 389 Å². The van der Waals surface area contributed by atoms with Crippen molar-refractivity contribution in [1.29, 1.82) is 0 Å². The number of hydrogen-bond donors (Lipinski definition) is 2. The number of hydrogen-bond acceptors (Lipinski definition) is 13. The Hall–Kier alpha value is -5.09. The lowest BCUT2D eigenvalue weighted by Gasteiger charge is -2.27. The van der Waals surface area contributed by atoms with E-state index < -0.39 is 75.4 Å². The van der Waals surface area contributed by atoms with Gasteiger partial charge in [-0.05, 0) is 103 Å². The van der Waals surface area contributed by atoms with Crippen LogP contribution in [0.4, 0.5) is 11.5 Å². The van der Waals surface area contributed by atoms with Crippen LogP contribution in [0.3, 0.4) is 0 Å². The van der Waals surface area contributed by atoms with Crippen LogP contribution in [0.15, 0.2) is 94.6 Å².